The number of nitrogens with zero attached hydrogens (tertiary/aromatic N) is 2. The van der Waals surface area contributed by atoms with Gasteiger partial charge in [0.05, 0.1) is 6.04 Å². The van der Waals surface area contributed by atoms with Gasteiger partial charge in [0.25, 0.3) is 0 Å². The molecule has 1 unspecified atom stereocenters. The Balaban J connectivity index is 1.35. The standard InChI is InChI=1S/C22H22FN3O2S/c1-2-14-3-5-15(6-4-14)22-25-21(28-26-22)10-9-20(27)24-18-11-12-29-19-8-7-16(23)13-17(18)19/h3-8,13,18H,2,9-12H2,1H3,(H,24,27). The van der Waals surface area contributed by atoms with Gasteiger partial charge in [-0.25, -0.2) is 4.39 Å². The molecule has 29 heavy (non-hydrogen) atoms. The van der Waals surface area contributed by atoms with Crippen molar-refractivity contribution in [3.8, 4) is 11.4 Å². The Morgan fingerprint density at radius 3 is 2.90 bits per heavy atom. The summed E-state index contributed by atoms with van der Waals surface area (Å²) in [5, 5.41) is 7.03. The van der Waals surface area contributed by atoms with E-state index in [2.05, 4.69) is 22.4 Å². The largest absolute Gasteiger partial charge is 0.349 e. The zero-order valence-corrected chi connectivity index (χ0v) is 17.0. The van der Waals surface area contributed by atoms with Crippen molar-refractivity contribution in [2.75, 3.05) is 5.75 Å². The number of thioether (sulfide) groups is 1. The first-order valence-corrected chi connectivity index (χ1v) is 10.7. The third-order valence-corrected chi connectivity index (χ3v) is 6.12. The molecule has 1 aromatic heterocycles. The first-order valence-electron chi connectivity index (χ1n) is 9.76. The summed E-state index contributed by atoms with van der Waals surface area (Å²) in [5.74, 6) is 1.46. The molecule has 0 saturated heterocycles. The Morgan fingerprint density at radius 1 is 1.28 bits per heavy atom. The number of hydrogen-bond donors (Lipinski definition) is 1. The Bertz CT molecular complexity index is 1000. The van der Waals surface area contributed by atoms with Gasteiger partial charge in [-0.2, -0.15) is 4.98 Å². The minimum atomic E-state index is -0.282. The van der Waals surface area contributed by atoms with Gasteiger partial charge in [0, 0.05) is 29.1 Å². The maximum Gasteiger partial charge on any atom is 0.227 e. The van der Waals surface area contributed by atoms with Crippen LogP contribution >= 0.6 is 11.8 Å². The summed E-state index contributed by atoms with van der Waals surface area (Å²) in [5.41, 5.74) is 2.99. The van der Waals surface area contributed by atoms with Crippen LogP contribution in [0.4, 0.5) is 4.39 Å². The minimum absolute atomic E-state index is 0.107. The predicted molar refractivity (Wildman–Crippen MR) is 110 cm³/mol. The van der Waals surface area contributed by atoms with Crippen LogP contribution in [0.2, 0.25) is 0 Å². The zero-order chi connectivity index (χ0) is 20.2. The first kappa shape index (κ1) is 19.6. The van der Waals surface area contributed by atoms with Crippen LogP contribution in [0.25, 0.3) is 11.4 Å². The molecular formula is C22H22FN3O2S. The lowest BCUT2D eigenvalue weighted by Gasteiger charge is -2.26. The molecule has 2 aromatic carbocycles. The number of amides is 1. The van der Waals surface area contributed by atoms with Gasteiger partial charge >= 0.3 is 0 Å². The fraction of sp³-hybridized carbons (Fsp3) is 0.318. The number of carbonyl (C=O) groups excluding carboxylic acids is 1. The van der Waals surface area contributed by atoms with Crippen LogP contribution in [0.1, 0.15) is 42.8 Å². The lowest BCUT2D eigenvalue weighted by atomic mass is 10.0. The van der Waals surface area contributed by atoms with Crippen LogP contribution < -0.4 is 5.32 Å². The summed E-state index contributed by atoms with van der Waals surface area (Å²) in [6.45, 7) is 2.10. The number of hydrogen-bond acceptors (Lipinski definition) is 5. The van der Waals surface area contributed by atoms with E-state index in [0.717, 1.165) is 34.6 Å². The lowest BCUT2D eigenvalue weighted by molar-refractivity contribution is -0.121. The smallest absolute Gasteiger partial charge is 0.227 e. The normalized spacial score (nSPS) is 15.7. The number of aryl methyl sites for hydroxylation is 2. The van der Waals surface area contributed by atoms with E-state index >= 15 is 0 Å². The summed E-state index contributed by atoms with van der Waals surface area (Å²) in [4.78, 5) is 17.8. The van der Waals surface area contributed by atoms with Gasteiger partial charge in [-0.1, -0.05) is 36.3 Å². The second-order valence-corrected chi connectivity index (χ2v) is 8.14. The molecule has 0 aliphatic carbocycles. The second-order valence-electron chi connectivity index (χ2n) is 7.00. The fourth-order valence-corrected chi connectivity index (χ4v) is 4.47. The van der Waals surface area contributed by atoms with Crippen LogP contribution in [0, 0.1) is 5.82 Å². The van der Waals surface area contributed by atoms with Crippen LogP contribution in [-0.4, -0.2) is 21.8 Å². The maximum absolute atomic E-state index is 13.6. The van der Waals surface area contributed by atoms with Gasteiger partial charge < -0.3 is 9.84 Å². The van der Waals surface area contributed by atoms with E-state index in [4.69, 9.17) is 4.52 Å². The van der Waals surface area contributed by atoms with E-state index in [9.17, 15) is 9.18 Å². The molecule has 0 spiro atoms. The summed E-state index contributed by atoms with van der Waals surface area (Å²) >= 11 is 1.69. The van der Waals surface area contributed by atoms with Crippen molar-refractivity contribution in [3.05, 3.63) is 65.3 Å². The average Bonchev–Trinajstić information content (AvgIpc) is 3.22. The molecule has 0 saturated carbocycles. The number of carbonyl (C=O) groups is 1. The van der Waals surface area contributed by atoms with Gasteiger partial charge in [0.1, 0.15) is 5.82 Å². The fourth-order valence-electron chi connectivity index (χ4n) is 3.37. The average molecular weight is 412 g/mol. The molecule has 5 nitrogen and oxygen atoms in total. The van der Waals surface area contributed by atoms with E-state index in [1.54, 1.807) is 17.8 Å². The second kappa shape index (κ2) is 8.78. The van der Waals surface area contributed by atoms with Crippen molar-refractivity contribution in [3.63, 3.8) is 0 Å². The number of nitrogens with one attached hydrogen (secondary N) is 1. The van der Waals surface area contributed by atoms with Gasteiger partial charge in [0.15, 0.2) is 0 Å². The summed E-state index contributed by atoms with van der Waals surface area (Å²) in [7, 11) is 0. The molecule has 4 rings (SSSR count). The highest BCUT2D eigenvalue weighted by atomic mass is 32.2. The molecule has 1 atom stereocenters. The van der Waals surface area contributed by atoms with Gasteiger partial charge in [-0.15, -0.1) is 11.8 Å². The summed E-state index contributed by atoms with van der Waals surface area (Å²) in [6.07, 6.45) is 2.36. The molecule has 1 aliphatic rings. The third kappa shape index (κ3) is 4.67. The number of benzene rings is 2. The monoisotopic (exact) mass is 411 g/mol. The van der Waals surface area contributed by atoms with Gasteiger partial charge in [-0.05, 0) is 42.2 Å². The molecule has 7 heteroatoms. The topological polar surface area (TPSA) is 68.0 Å². The first-order chi connectivity index (χ1) is 14.1. The summed E-state index contributed by atoms with van der Waals surface area (Å²) in [6, 6.07) is 12.6. The lowest BCUT2D eigenvalue weighted by Crippen LogP contribution is -2.30. The Hall–Kier alpha value is -2.67. The van der Waals surface area contributed by atoms with Crippen LogP contribution in [0.15, 0.2) is 51.9 Å². The SMILES string of the molecule is CCc1ccc(-c2noc(CCC(=O)NC3CCSc4ccc(F)cc43)n2)cc1. The molecule has 1 aliphatic heterocycles. The maximum atomic E-state index is 13.6. The third-order valence-electron chi connectivity index (χ3n) is 5.00. The Labute approximate surface area is 173 Å². The molecule has 3 aromatic rings. The van der Waals surface area contributed by atoms with Crippen LogP contribution in [0.3, 0.4) is 0 Å². The quantitative estimate of drug-likeness (QED) is 0.635. The Kier molecular flexibility index (Phi) is 5.94. The number of halogens is 1. The van der Waals surface area contributed by atoms with Gasteiger partial charge in [0.2, 0.25) is 17.6 Å². The molecule has 0 bridgehead atoms. The highest BCUT2D eigenvalue weighted by Gasteiger charge is 2.23. The molecule has 1 amide bonds. The molecule has 1 N–H and O–H groups in total. The molecule has 150 valence electrons. The molecule has 0 radical (unpaired) electrons. The zero-order valence-electron chi connectivity index (χ0n) is 16.2. The van der Waals surface area contributed by atoms with Crippen molar-refractivity contribution in [1.29, 1.82) is 0 Å². The number of fused-ring (bicyclic) bond motifs is 1. The minimum Gasteiger partial charge on any atom is -0.349 e. The van der Waals surface area contributed by atoms with Crippen molar-refractivity contribution in [2.45, 2.75) is 43.5 Å². The van der Waals surface area contributed by atoms with Crippen molar-refractivity contribution < 1.29 is 13.7 Å². The highest BCUT2D eigenvalue weighted by Crippen LogP contribution is 2.36. The van der Waals surface area contributed by atoms with Crippen molar-refractivity contribution >= 4 is 17.7 Å². The number of rotatable bonds is 6. The molecule has 0 fully saturated rings. The molecular weight excluding hydrogens is 389 g/mol. The van der Waals surface area contributed by atoms with Crippen LogP contribution in [-0.2, 0) is 17.6 Å². The van der Waals surface area contributed by atoms with E-state index in [1.165, 1.54) is 17.7 Å². The summed E-state index contributed by atoms with van der Waals surface area (Å²) < 4.78 is 18.9. The van der Waals surface area contributed by atoms with Gasteiger partial charge in [-0.3, -0.25) is 4.79 Å². The van der Waals surface area contributed by atoms with E-state index in [1.807, 2.05) is 24.3 Å². The molecule has 2 heterocycles. The van der Waals surface area contributed by atoms with E-state index < -0.39 is 0 Å². The van der Waals surface area contributed by atoms with Crippen molar-refractivity contribution in [2.24, 2.45) is 0 Å². The number of aromatic nitrogens is 2. The van der Waals surface area contributed by atoms with E-state index in [0.29, 0.717) is 18.1 Å². The van der Waals surface area contributed by atoms with E-state index in [-0.39, 0.29) is 24.2 Å². The van der Waals surface area contributed by atoms with Crippen LogP contribution in [0.5, 0.6) is 0 Å². The predicted octanol–water partition coefficient (Wildman–Crippen LogP) is 4.72. The Morgan fingerprint density at radius 2 is 2.10 bits per heavy atom. The highest BCUT2D eigenvalue weighted by molar-refractivity contribution is 7.99. The van der Waals surface area contributed by atoms with Crippen molar-refractivity contribution in [1.82, 2.24) is 15.5 Å².